The maximum atomic E-state index is 12.4. The molecular weight excluding hydrogens is 396 g/mol. The molecule has 29 heavy (non-hydrogen) atoms. The van der Waals surface area contributed by atoms with E-state index in [0.29, 0.717) is 11.6 Å². The molecule has 150 valence electrons. The van der Waals surface area contributed by atoms with Gasteiger partial charge in [-0.3, -0.25) is 20.2 Å². The summed E-state index contributed by atoms with van der Waals surface area (Å²) in [5.41, 5.74) is 0.988. The third-order valence-corrected chi connectivity index (χ3v) is 5.01. The average molecular weight is 414 g/mol. The lowest BCUT2D eigenvalue weighted by Crippen LogP contribution is -2.12. The fourth-order valence-electron chi connectivity index (χ4n) is 2.59. The number of aromatic nitrogens is 2. The van der Waals surface area contributed by atoms with Gasteiger partial charge < -0.3 is 9.47 Å². The van der Waals surface area contributed by atoms with E-state index in [1.165, 1.54) is 36.6 Å². The molecule has 0 aliphatic heterocycles. The Labute approximate surface area is 170 Å². The van der Waals surface area contributed by atoms with Crippen LogP contribution in [-0.2, 0) is 12.8 Å². The van der Waals surface area contributed by atoms with E-state index in [1.54, 1.807) is 7.11 Å². The Kier molecular flexibility index (Phi) is 6.35. The molecule has 2 aromatic carbocycles. The largest absolute Gasteiger partial charge is 0.497 e. The number of nitrogens with one attached hydrogen (secondary N) is 1. The number of hydrogen-bond acceptors (Lipinski definition) is 8. The molecule has 0 fully saturated rings. The molecule has 0 aliphatic carbocycles. The van der Waals surface area contributed by atoms with Gasteiger partial charge in [0.15, 0.2) is 5.75 Å². The number of anilines is 1. The molecule has 10 heteroatoms. The van der Waals surface area contributed by atoms with Gasteiger partial charge in [-0.05, 0) is 36.2 Å². The Morgan fingerprint density at radius 3 is 2.52 bits per heavy atom. The highest BCUT2D eigenvalue weighted by molar-refractivity contribution is 7.15. The molecule has 0 unspecified atom stereocenters. The SMILES string of the molecule is COc1ccc(CCc2nnc(NC(=O)c3ccc(OC)c([N+](=O)[O-])c3)s2)cc1. The fraction of sp³-hybridized carbons (Fsp3) is 0.211. The Morgan fingerprint density at radius 2 is 1.86 bits per heavy atom. The number of aryl methyl sites for hydroxylation is 2. The van der Waals surface area contributed by atoms with Gasteiger partial charge >= 0.3 is 5.69 Å². The van der Waals surface area contributed by atoms with Crippen molar-refractivity contribution in [1.29, 1.82) is 0 Å². The first-order valence-corrected chi connectivity index (χ1v) is 9.41. The number of amides is 1. The van der Waals surface area contributed by atoms with E-state index in [4.69, 9.17) is 9.47 Å². The highest BCUT2D eigenvalue weighted by Crippen LogP contribution is 2.28. The number of ether oxygens (including phenoxy) is 2. The van der Waals surface area contributed by atoms with Crippen LogP contribution in [0.1, 0.15) is 20.9 Å². The molecule has 1 N–H and O–H groups in total. The third-order valence-electron chi connectivity index (χ3n) is 4.11. The molecule has 3 aromatic rings. The first-order valence-electron chi connectivity index (χ1n) is 8.59. The molecule has 1 aromatic heterocycles. The van der Waals surface area contributed by atoms with Crippen LogP contribution in [0.4, 0.5) is 10.8 Å². The molecule has 0 aliphatic rings. The van der Waals surface area contributed by atoms with Gasteiger partial charge in [0.2, 0.25) is 5.13 Å². The average Bonchev–Trinajstić information content (AvgIpc) is 3.19. The summed E-state index contributed by atoms with van der Waals surface area (Å²) >= 11 is 1.26. The van der Waals surface area contributed by atoms with Gasteiger partial charge in [-0.15, -0.1) is 10.2 Å². The minimum atomic E-state index is -0.599. The second kappa shape index (κ2) is 9.11. The number of carbonyl (C=O) groups is 1. The topological polar surface area (TPSA) is 116 Å². The van der Waals surface area contributed by atoms with Gasteiger partial charge in [0, 0.05) is 18.1 Å². The molecule has 0 bridgehead atoms. The normalized spacial score (nSPS) is 10.4. The lowest BCUT2D eigenvalue weighted by Gasteiger charge is -2.04. The van der Waals surface area contributed by atoms with Crippen LogP contribution in [0.3, 0.4) is 0 Å². The molecule has 0 radical (unpaired) electrons. The minimum Gasteiger partial charge on any atom is -0.497 e. The van der Waals surface area contributed by atoms with Crippen molar-refractivity contribution in [3.05, 3.63) is 68.7 Å². The summed E-state index contributed by atoms with van der Waals surface area (Å²) in [4.78, 5) is 22.9. The van der Waals surface area contributed by atoms with E-state index in [1.807, 2.05) is 24.3 Å². The third kappa shape index (κ3) is 5.05. The van der Waals surface area contributed by atoms with Gasteiger partial charge in [0.25, 0.3) is 5.91 Å². The maximum Gasteiger partial charge on any atom is 0.311 e. The van der Waals surface area contributed by atoms with Crippen molar-refractivity contribution in [3.8, 4) is 11.5 Å². The maximum absolute atomic E-state index is 12.4. The van der Waals surface area contributed by atoms with Crippen molar-refractivity contribution in [1.82, 2.24) is 10.2 Å². The summed E-state index contributed by atoms with van der Waals surface area (Å²) in [7, 11) is 2.95. The summed E-state index contributed by atoms with van der Waals surface area (Å²) in [6, 6.07) is 11.8. The number of benzene rings is 2. The fourth-order valence-corrected chi connectivity index (χ4v) is 3.33. The molecule has 3 rings (SSSR count). The number of carbonyl (C=O) groups excluding carboxylic acids is 1. The second-order valence-electron chi connectivity index (χ2n) is 5.95. The van der Waals surface area contributed by atoms with Gasteiger partial charge in [0.05, 0.1) is 19.1 Å². The van der Waals surface area contributed by atoms with Crippen molar-refractivity contribution in [3.63, 3.8) is 0 Å². The van der Waals surface area contributed by atoms with Crippen LogP contribution in [0.5, 0.6) is 11.5 Å². The van der Waals surface area contributed by atoms with Crippen molar-refractivity contribution >= 4 is 28.1 Å². The van der Waals surface area contributed by atoms with Gasteiger partial charge in [-0.1, -0.05) is 23.5 Å². The van der Waals surface area contributed by atoms with E-state index >= 15 is 0 Å². The van der Waals surface area contributed by atoms with Crippen LogP contribution >= 0.6 is 11.3 Å². The van der Waals surface area contributed by atoms with Crippen molar-refractivity contribution in [2.45, 2.75) is 12.8 Å². The van der Waals surface area contributed by atoms with Crippen molar-refractivity contribution < 1.29 is 19.2 Å². The number of hydrogen-bond donors (Lipinski definition) is 1. The van der Waals surface area contributed by atoms with Crippen LogP contribution in [-0.4, -0.2) is 35.2 Å². The second-order valence-corrected chi connectivity index (χ2v) is 7.01. The van der Waals surface area contributed by atoms with Gasteiger partial charge in [-0.25, -0.2) is 0 Å². The standard InChI is InChI=1S/C19H18N4O5S/c1-27-14-7-3-12(4-8-14)5-10-17-21-22-19(29-17)20-18(24)13-6-9-16(28-2)15(11-13)23(25)26/h3-4,6-9,11H,5,10H2,1-2H3,(H,20,22,24). The van der Waals surface area contributed by atoms with E-state index < -0.39 is 10.8 Å². The van der Waals surface area contributed by atoms with Crippen molar-refractivity contribution in [2.24, 2.45) is 0 Å². The lowest BCUT2D eigenvalue weighted by molar-refractivity contribution is -0.385. The Morgan fingerprint density at radius 1 is 1.10 bits per heavy atom. The van der Waals surface area contributed by atoms with E-state index in [2.05, 4.69) is 15.5 Å². The summed E-state index contributed by atoms with van der Waals surface area (Å²) in [6.45, 7) is 0. The zero-order chi connectivity index (χ0) is 20.8. The number of methoxy groups -OCH3 is 2. The Bertz CT molecular complexity index is 1020. The first kappa shape index (κ1) is 20.2. The molecule has 0 spiro atoms. The number of rotatable bonds is 8. The Balaban J connectivity index is 1.62. The zero-order valence-electron chi connectivity index (χ0n) is 15.7. The predicted octanol–water partition coefficient (Wildman–Crippen LogP) is 3.50. The van der Waals surface area contributed by atoms with E-state index in [-0.39, 0.29) is 17.0 Å². The van der Waals surface area contributed by atoms with E-state index in [0.717, 1.165) is 22.7 Å². The van der Waals surface area contributed by atoms with Crippen LogP contribution in [0.25, 0.3) is 0 Å². The van der Waals surface area contributed by atoms with Gasteiger partial charge in [-0.2, -0.15) is 0 Å². The van der Waals surface area contributed by atoms with Crippen molar-refractivity contribution in [2.75, 3.05) is 19.5 Å². The Hall–Kier alpha value is -3.53. The molecule has 0 saturated carbocycles. The molecule has 1 amide bonds. The summed E-state index contributed by atoms with van der Waals surface area (Å²) in [5, 5.41) is 22.9. The quantitative estimate of drug-likeness (QED) is 0.443. The summed E-state index contributed by atoms with van der Waals surface area (Å²) in [6.07, 6.45) is 1.45. The first-order chi connectivity index (χ1) is 14.0. The van der Waals surface area contributed by atoms with Crippen LogP contribution in [0.15, 0.2) is 42.5 Å². The molecule has 0 atom stereocenters. The predicted molar refractivity (Wildman–Crippen MR) is 108 cm³/mol. The van der Waals surface area contributed by atoms with E-state index in [9.17, 15) is 14.9 Å². The summed E-state index contributed by atoms with van der Waals surface area (Å²) < 4.78 is 10.1. The van der Waals surface area contributed by atoms with Crippen LogP contribution < -0.4 is 14.8 Å². The zero-order valence-corrected chi connectivity index (χ0v) is 16.6. The van der Waals surface area contributed by atoms with Crippen LogP contribution in [0.2, 0.25) is 0 Å². The monoisotopic (exact) mass is 414 g/mol. The number of nitro groups is 1. The molecule has 0 saturated heterocycles. The molecular formula is C19H18N4O5S. The molecule has 9 nitrogen and oxygen atoms in total. The number of nitro benzene ring substituents is 1. The highest BCUT2D eigenvalue weighted by atomic mass is 32.1. The smallest absolute Gasteiger partial charge is 0.311 e. The summed E-state index contributed by atoms with van der Waals surface area (Å²) in [5.74, 6) is 0.380. The highest BCUT2D eigenvalue weighted by Gasteiger charge is 2.19. The van der Waals surface area contributed by atoms with Gasteiger partial charge in [0.1, 0.15) is 10.8 Å². The lowest BCUT2D eigenvalue weighted by atomic mass is 10.1. The van der Waals surface area contributed by atoms with Crippen LogP contribution in [0, 0.1) is 10.1 Å². The minimum absolute atomic E-state index is 0.0864. The number of nitrogens with zero attached hydrogens (tertiary/aromatic N) is 3. The molecule has 1 heterocycles.